The molecule has 17 heavy (non-hydrogen) atoms. The van der Waals surface area contributed by atoms with Crippen LogP contribution >= 0.6 is 11.6 Å². The van der Waals surface area contributed by atoms with Gasteiger partial charge in [0.05, 0.1) is 0 Å². The van der Waals surface area contributed by atoms with Crippen molar-refractivity contribution in [2.75, 3.05) is 0 Å². The second-order valence-electron chi connectivity index (χ2n) is 6.06. The van der Waals surface area contributed by atoms with Crippen LogP contribution in [0.1, 0.15) is 71.2 Å². The topological polar surface area (TPSA) is 30.7 Å². The fourth-order valence-corrected chi connectivity index (χ4v) is 2.88. The molecule has 1 aliphatic carbocycles. The van der Waals surface area contributed by atoms with Crippen molar-refractivity contribution in [1.82, 2.24) is 14.8 Å². The maximum atomic E-state index is 6.23. The maximum Gasteiger partial charge on any atom is 0.225 e. The second kappa shape index (κ2) is 4.97. The van der Waals surface area contributed by atoms with Gasteiger partial charge < -0.3 is 0 Å². The lowest BCUT2D eigenvalue weighted by molar-refractivity contribution is 0.396. The zero-order valence-electron chi connectivity index (χ0n) is 11.0. The van der Waals surface area contributed by atoms with Crippen LogP contribution in [0.5, 0.6) is 0 Å². The molecule has 2 rings (SSSR count). The van der Waals surface area contributed by atoms with Crippen LogP contribution in [0.25, 0.3) is 0 Å². The van der Waals surface area contributed by atoms with Gasteiger partial charge in [-0.1, -0.05) is 46.5 Å². The first-order chi connectivity index (χ1) is 8.00. The molecule has 0 N–H and O–H groups in total. The number of halogens is 1. The molecule has 0 spiro atoms. The van der Waals surface area contributed by atoms with Crippen LogP contribution in [0, 0.1) is 0 Å². The second-order valence-corrected chi connectivity index (χ2v) is 6.40. The molecule has 0 aromatic carbocycles. The minimum absolute atomic E-state index is 0.00639. The lowest BCUT2D eigenvalue weighted by Gasteiger charge is -2.24. The summed E-state index contributed by atoms with van der Waals surface area (Å²) in [6.07, 6.45) is 7.70. The Morgan fingerprint density at radius 2 is 1.65 bits per heavy atom. The Kier molecular flexibility index (Phi) is 3.76. The van der Waals surface area contributed by atoms with Crippen molar-refractivity contribution in [3.8, 4) is 0 Å². The molecule has 1 saturated carbocycles. The van der Waals surface area contributed by atoms with Crippen LogP contribution < -0.4 is 0 Å². The summed E-state index contributed by atoms with van der Waals surface area (Å²) in [5, 5.41) is 8.90. The van der Waals surface area contributed by atoms with Gasteiger partial charge in [0.25, 0.3) is 0 Å². The Hall–Kier alpha value is -0.570. The molecule has 4 heteroatoms. The first-order valence-electron chi connectivity index (χ1n) is 6.61. The molecule has 0 saturated heterocycles. The SMILES string of the molecule is CC(C)(C)c1nnc(Cl)n1C1CCCCCC1. The first kappa shape index (κ1) is 12.9. The Labute approximate surface area is 109 Å². The Bertz CT molecular complexity index is 371. The average Bonchev–Trinajstić information content (AvgIpc) is 2.50. The normalized spacial score (nSPS) is 19.3. The summed E-state index contributed by atoms with van der Waals surface area (Å²) in [7, 11) is 0. The van der Waals surface area contributed by atoms with E-state index in [1.165, 1.54) is 38.5 Å². The summed E-state index contributed by atoms with van der Waals surface area (Å²) < 4.78 is 2.17. The van der Waals surface area contributed by atoms with Crippen molar-refractivity contribution in [3.63, 3.8) is 0 Å². The van der Waals surface area contributed by atoms with E-state index in [1.807, 2.05) is 0 Å². The van der Waals surface area contributed by atoms with E-state index in [0.717, 1.165) is 5.82 Å². The molecular weight excluding hydrogens is 234 g/mol. The number of hydrogen-bond donors (Lipinski definition) is 0. The molecule has 1 aromatic rings. The van der Waals surface area contributed by atoms with Gasteiger partial charge in [-0.2, -0.15) is 0 Å². The Morgan fingerprint density at radius 1 is 1.06 bits per heavy atom. The lowest BCUT2D eigenvalue weighted by Crippen LogP contribution is -2.22. The van der Waals surface area contributed by atoms with Crippen LogP contribution in [0.3, 0.4) is 0 Å². The van der Waals surface area contributed by atoms with Crippen LogP contribution in [0.4, 0.5) is 0 Å². The molecule has 0 aliphatic heterocycles. The average molecular weight is 256 g/mol. The van der Waals surface area contributed by atoms with Gasteiger partial charge in [0, 0.05) is 11.5 Å². The number of aromatic nitrogens is 3. The zero-order chi connectivity index (χ0) is 12.5. The molecule has 0 atom stereocenters. The van der Waals surface area contributed by atoms with E-state index in [4.69, 9.17) is 11.6 Å². The van der Waals surface area contributed by atoms with Crippen LogP contribution in [0.2, 0.25) is 5.28 Å². The Morgan fingerprint density at radius 3 is 2.18 bits per heavy atom. The third kappa shape index (κ3) is 2.82. The van der Waals surface area contributed by atoms with Crippen LogP contribution in [-0.2, 0) is 5.41 Å². The molecule has 0 unspecified atom stereocenters. The van der Waals surface area contributed by atoms with E-state index in [0.29, 0.717) is 11.3 Å². The van der Waals surface area contributed by atoms with Gasteiger partial charge in [0.2, 0.25) is 5.28 Å². The smallest absolute Gasteiger partial charge is 0.225 e. The highest BCUT2D eigenvalue weighted by Gasteiger charge is 2.27. The van der Waals surface area contributed by atoms with Gasteiger partial charge >= 0.3 is 0 Å². The van der Waals surface area contributed by atoms with Gasteiger partial charge in [0.1, 0.15) is 5.82 Å². The van der Waals surface area contributed by atoms with E-state index >= 15 is 0 Å². The summed E-state index contributed by atoms with van der Waals surface area (Å²) in [6, 6.07) is 0.495. The van der Waals surface area contributed by atoms with E-state index in [-0.39, 0.29) is 5.41 Å². The van der Waals surface area contributed by atoms with Crippen molar-refractivity contribution in [1.29, 1.82) is 0 Å². The summed E-state index contributed by atoms with van der Waals surface area (Å²) in [4.78, 5) is 0. The van der Waals surface area contributed by atoms with Crippen molar-refractivity contribution < 1.29 is 0 Å². The zero-order valence-corrected chi connectivity index (χ0v) is 11.8. The maximum absolute atomic E-state index is 6.23. The Balaban J connectivity index is 2.32. The molecular formula is C13H22ClN3. The number of hydrogen-bond acceptors (Lipinski definition) is 2. The first-order valence-corrected chi connectivity index (χ1v) is 6.99. The molecule has 1 fully saturated rings. The van der Waals surface area contributed by atoms with Gasteiger partial charge in [-0.15, -0.1) is 10.2 Å². The summed E-state index contributed by atoms with van der Waals surface area (Å²) >= 11 is 6.23. The minimum Gasteiger partial charge on any atom is -0.298 e. The van der Waals surface area contributed by atoms with Gasteiger partial charge in [0.15, 0.2) is 0 Å². The molecule has 96 valence electrons. The molecule has 0 radical (unpaired) electrons. The van der Waals surface area contributed by atoms with Crippen molar-refractivity contribution >= 4 is 11.6 Å². The van der Waals surface area contributed by atoms with Crippen molar-refractivity contribution in [2.45, 2.75) is 70.8 Å². The quantitative estimate of drug-likeness (QED) is 0.707. The van der Waals surface area contributed by atoms with E-state index in [9.17, 15) is 0 Å². The number of rotatable bonds is 1. The van der Waals surface area contributed by atoms with Gasteiger partial charge in [-0.05, 0) is 24.4 Å². The monoisotopic (exact) mass is 255 g/mol. The van der Waals surface area contributed by atoms with E-state index < -0.39 is 0 Å². The lowest BCUT2D eigenvalue weighted by atomic mass is 9.94. The molecule has 1 aromatic heterocycles. The van der Waals surface area contributed by atoms with Gasteiger partial charge in [-0.25, -0.2) is 0 Å². The fourth-order valence-electron chi connectivity index (χ4n) is 2.62. The summed E-state index contributed by atoms with van der Waals surface area (Å²) in [5.41, 5.74) is 0.00639. The van der Waals surface area contributed by atoms with E-state index in [2.05, 4.69) is 35.5 Å². The van der Waals surface area contributed by atoms with Crippen molar-refractivity contribution in [2.24, 2.45) is 0 Å². The van der Waals surface area contributed by atoms with Gasteiger partial charge in [-0.3, -0.25) is 4.57 Å². The highest BCUT2D eigenvalue weighted by Crippen LogP contribution is 2.33. The fraction of sp³-hybridized carbons (Fsp3) is 0.846. The minimum atomic E-state index is 0.00639. The standard InChI is InChI=1S/C13H22ClN3/c1-13(2,3)11-15-16-12(14)17(11)10-8-6-4-5-7-9-10/h10H,4-9H2,1-3H3. The highest BCUT2D eigenvalue weighted by molar-refractivity contribution is 6.28. The largest absolute Gasteiger partial charge is 0.298 e. The predicted molar refractivity (Wildman–Crippen MR) is 70.5 cm³/mol. The molecule has 0 bridgehead atoms. The summed E-state index contributed by atoms with van der Waals surface area (Å²) in [6.45, 7) is 6.50. The number of nitrogens with zero attached hydrogens (tertiary/aromatic N) is 3. The van der Waals surface area contributed by atoms with E-state index in [1.54, 1.807) is 0 Å². The molecule has 1 aliphatic rings. The highest BCUT2D eigenvalue weighted by atomic mass is 35.5. The van der Waals surface area contributed by atoms with Crippen LogP contribution in [-0.4, -0.2) is 14.8 Å². The van der Waals surface area contributed by atoms with Crippen molar-refractivity contribution in [3.05, 3.63) is 11.1 Å². The molecule has 0 amide bonds. The molecule has 1 heterocycles. The summed E-state index contributed by atoms with van der Waals surface area (Å²) in [5.74, 6) is 1.02. The third-order valence-corrected chi connectivity index (χ3v) is 3.77. The predicted octanol–water partition coefficient (Wildman–Crippen LogP) is 4.12. The van der Waals surface area contributed by atoms with Crippen LogP contribution in [0.15, 0.2) is 0 Å². The third-order valence-electron chi connectivity index (χ3n) is 3.51. The molecule has 3 nitrogen and oxygen atoms in total.